The first-order chi connectivity index (χ1) is 10.1. The van der Waals surface area contributed by atoms with E-state index in [2.05, 4.69) is 5.32 Å². The minimum atomic E-state index is -0.332. The lowest BCUT2D eigenvalue weighted by Gasteiger charge is -2.33. The highest BCUT2D eigenvalue weighted by Crippen LogP contribution is 2.29. The van der Waals surface area contributed by atoms with Crippen LogP contribution in [0.15, 0.2) is 42.5 Å². The van der Waals surface area contributed by atoms with Crippen molar-refractivity contribution in [3.05, 3.63) is 42.5 Å². The van der Waals surface area contributed by atoms with E-state index in [1.54, 1.807) is 0 Å². The third-order valence-electron chi connectivity index (χ3n) is 3.97. The number of hydrogen-bond acceptors (Lipinski definition) is 2. The molecule has 1 saturated heterocycles. The van der Waals surface area contributed by atoms with Gasteiger partial charge in [-0.25, -0.2) is 9.69 Å². The second-order valence-corrected chi connectivity index (χ2v) is 5.73. The highest BCUT2D eigenvalue weighted by Gasteiger charge is 2.34. The Morgan fingerprint density at radius 1 is 1.10 bits per heavy atom. The summed E-state index contributed by atoms with van der Waals surface area (Å²) in [5, 5.41) is 4.85. The summed E-state index contributed by atoms with van der Waals surface area (Å²) in [6.45, 7) is 4.01. The second-order valence-electron chi connectivity index (χ2n) is 5.73. The van der Waals surface area contributed by atoms with E-state index in [4.69, 9.17) is 0 Å². The van der Waals surface area contributed by atoms with E-state index in [9.17, 15) is 9.59 Å². The molecule has 3 amide bonds. The van der Waals surface area contributed by atoms with Crippen LogP contribution in [0.3, 0.4) is 0 Å². The van der Waals surface area contributed by atoms with Crippen LogP contribution in [-0.4, -0.2) is 18.0 Å². The van der Waals surface area contributed by atoms with Gasteiger partial charge in [-0.05, 0) is 17.4 Å². The lowest BCUT2D eigenvalue weighted by atomic mass is 9.98. The van der Waals surface area contributed by atoms with Crippen LogP contribution < -0.4 is 10.2 Å². The van der Waals surface area contributed by atoms with Crippen molar-refractivity contribution in [2.75, 3.05) is 4.90 Å². The number of nitrogens with one attached hydrogen (secondary N) is 1. The van der Waals surface area contributed by atoms with Crippen LogP contribution in [0.25, 0.3) is 10.8 Å². The summed E-state index contributed by atoms with van der Waals surface area (Å²) in [4.78, 5) is 26.1. The Morgan fingerprint density at radius 2 is 1.81 bits per heavy atom. The molecular formula is C17H18N2O2. The summed E-state index contributed by atoms with van der Waals surface area (Å²) in [6, 6.07) is 13.0. The molecule has 0 aromatic heterocycles. The van der Waals surface area contributed by atoms with Gasteiger partial charge in [0.15, 0.2) is 0 Å². The third-order valence-corrected chi connectivity index (χ3v) is 3.97. The number of fused-ring (bicyclic) bond motifs is 1. The van der Waals surface area contributed by atoms with Gasteiger partial charge in [-0.2, -0.15) is 0 Å². The van der Waals surface area contributed by atoms with Gasteiger partial charge in [0.25, 0.3) is 0 Å². The van der Waals surface area contributed by atoms with Crippen molar-refractivity contribution in [3.8, 4) is 0 Å². The fraction of sp³-hybridized carbons (Fsp3) is 0.294. The Labute approximate surface area is 123 Å². The van der Waals surface area contributed by atoms with Gasteiger partial charge in [-0.3, -0.25) is 4.79 Å². The number of urea groups is 1. The molecule has 2 aromatic rings. The Morgan fingerprint density at radius 3 is 2.52 bits per heavy atom. The van der Waals surface area contributed by atoms with Gasteiger partial charge < -0.3 is 5.32 Å². The van der Waals surface area contributed by atoms with E-state index >= 15 is 0 Å². The van der Waals surface area contributed by atoms with Crippen molar-refractivity contribution in [2.24, 2.45) is 5.92 Å². The van der Waals surface area contributed by atoms with Gasteiger partial charge in [0.1, 0.15) is 0 Å². The summed E-state index contributed by atoms with van der Waals surface area (Å²) in [5.41, 5.74) is 0.651. The Balaban J connectivity index is 2.03. The van der Waals surface area contributed by atoms with Crippen LogP contribution in [-0.2, 0) is 4.79 Å². The van der Waals surface area contributed by atoms with Crippen LogP contribution in [0.2, 0.25) is 0 Å². The molecule has 1 aliphatic heterocycles. The Kier molecular flexibility index (Phi) is 3.37. The average molecular weight is 282 g/mol. The molecule has 1 aliphatic rings. The van der Waals surface area contributed by atoms with Crippen LogP contribution in [0.5, 0.6) is 0 Å². The van der Waals surface area contributed by atoms with Crippen LogP contribution in [0.4, 0.5) is 10.5 Å². The predicted molar refractivity (Wildman–Crippen MR) is 83.2 cm³/mol. The van der Waals surface area contributed by atoms with Gasteiger partial charge in [0, 0.05) is 17.8 Å². The molecule has 1 unspecified atom stereocenters. The minimum absolute atomic E-state index is 0.0868. The Bertz CT molecular complexity index is 686. The van der Waals surface area contributed by atoms with Crippen molar-refractivity contribution in [1.82, 2.24) is 5.32 Å². The monoisotopic (exact) mass is 282 g/mol. The number of rotatable bonds is 2. The minimum Gasteiger partial charge on any atom is -0.334 e. The third kappa shape index (κ3) is 2.37. The molecule has 1 N–H and O–H groups in total. The van der Waals surface area contributed by atoms with E-state index in [0.717, 1.165) is 10.8 Å². The molecule has 4 nitrogen and oxygen atoms in total. The number of carbonyl (C=O) groups excluding carboxylic acids is 2. The largest absolute Gasteiger partial charge is 0.334 e. The summed E-state index contributed by atoms with van der Waals surface area (Å²) < 4.78 is 0. The van der Waals surface area contributed by atoms with E-state index in [0.29, 0.717) is 12.1 Å². The second kappa shape index (κ2) is 5.20. The van der Waals surface area contributed by atoms with Crippen molar-refractivity contribution in [1.29, 1.82) is 0 Å². The molecule has 0 saturated carbocycles. The molecule has 0 bridgehead atoms. The first kappa shape index (κ1) is 13.6. The first-order valence-electron chi connectivity index (χ1n) is 7.19. The molecule has 21 heavy (non-hydrogen) atoms. The molecule has 0 aliphatic carbocycles. The zero-order chi connectivity index (χ0) is 15.0. The van der Waals surface area contributed by atoms with E-state index in [1.807, 2.05) is 56.3 Å². The van der Waals surface area contributed by atoms with E-state index < -0.39 is 0 Å². The van der Waals surface area contributed by atoms with Crippen molar-refractivity contribution in [3.63, 3.8) is 0 Å². The maximum Gasteiger partial charge on any atom is 0.329 e. The summed E-state index contributed by atoms with van der Waals surface area (Å²) in [6.07, 6.45) is 0.340. The first-order valence-corrected chi connectivity index (χ1v) is 7.19. The van der Waals surface area contributed by atoms with E-state index in [1.165, 1.54) is 4.90 Å². The smallest absolute Gasteiger partial charge is 0.329 e. The summed E-state index contributed by atoms with van der Waals surface area (Å²) in [7, 11) is 0. The average Bonchev–Trinajstić information content (AvgIpc) is 2.46. The highest BCUT2D eigenvalue weighted by molar-refractivity contribution is 6.19. The maximum atomic E-state index is 12.4. The normalized spacial score (nSPS) is 19.2. The quantitative estimate of drug-likeness (QED) is 0.918. The van der Waals surface area contributed by atoms with Crippen LogP contribution in [0, 0.1) is 5.92 Å². The van der Waals surface area contributed by atoms with Gasteiger partial charge in [0.2, 0.25) is 5.91 Å². The molecule has 108 valence electrons. The fourth-order valence-corrected chi connectivity index (χ4v) is 2.72. The van der Waals surface area contributed by atoms with Crippen LogP contribution >= 0.6 is 0 Å². The number of carbonyl (C=O) groups is 2. The van der Waals surface area contributed by atoms with Gasteiger partial charge in [-0.15, -0.1) is 0 Å². The topological polar surface area (TPSA) is 49.4 Å². The summed E-state index contributed by atoms with van der Waals surface area (Å²) >= 11 is 0. The molecule has 4 heteroatoms. The number of nitrogens with zero attached hydrogens (tertiary/aromatic N) is 1. The van der Waals surface area contributed by atoms with Crippen molar-refractivity contribution in [2.45, 2.75) is 26.3 Å². The molecule has 2 aromatic carbocycles. The zero-order valence-electron chi connectivity index (χ0n) is 12.2. The number of benzene rings is 2. The number of imide groups is 1. The van der Waals surface area contributed by atoms with Gasteiger partial charge in [0.05, 0.1) is 5.69 Å². The van der Waals surface area contributed by atoms with Gasteiger partial charge in [-0.1, -0.05) is 50.2 Å². The summed E-state index contributed by atoms with van der Waals surface area (Å²) in [5.74, 6) is 0.0985. The van der Waals surface area contributed by atoms with Crippen LogP contribution in [0.1, 0.15) is 20.3 Å². The maximum absolute atomic E-state index is 12.4. The number of amides is 3. The van der Waals surface area contributed by atoms with Crippen molar-refractivity contribution >= 4 is 28.4 Å². The molecule has 1 atom stereocenters. The SMILES string of the molecule is CC(C)C1CC(=O)N(c2cccc3ccccc23)C(=O)N1. The highest BCUT2D eigenvalue weighted by atomic mass is 16.2. The molecule has 0 spiro atoms. The fourth-order valence-electron chi connectivity index (χ4n) is 2.72. The molecule has 1 heterocycles. The number of anilines is 1. The van der Waals surface area contributed by atoms with E-state index in [-0.39, 0.29) is 23.9 Å². The predicted octanol–water partition coefficient (Wildman–Crippen LogP) is 3.31. The standard InChI is InChI=1S/C17H18N2O2/c1-11(2)14-10-16(20)19(17(21)18-14)15-9-5-7-12-6-3-4-8-13(12)15/h3-9,11,14H,10H2,1-2H3,(H,18,21). The molecule has 3 rings (SSSR count). The van der Waals surface area contributed by atoms with Crippen molar-refractivity contribution < 1.29 is 9.59 Å². The van der Waals surface area contributed by atoms with Gasteiger partial charge >= 0.3 is 6.03 Å². The zero-order valence-corrected chi connectivity index (χ0v) is 12.2. The number of hydrogen-bond donors (Lipinski definition) is 1. The lowest BCUT2D eigenvalue weighted by molar-refractivity contribution is -0.119. The molecule has 1 fully saturated rings. The Hall–Kier alpha value is -2.36. The molecule has 0 radical (unpaired) electrons. The molecular weight excluding hydrogens is 264 g/mol. The lowest BCUT2D eigenvalue weighted by Crippen LogP contribution is -2.56.